The van der Waals surface area contributed by atoms with Crippen LogP contribution in [0.15, 0.2) is 29.2 Å². The third kappa shape index (κ3) is 3.54. The Morgan fingerprint density at radius 3 is 2.95 bits per heavy atom. The van der Waals surface area contributed by atoms with Crippen molar-refractivity contribution in [2.75, 3.05) is 13.2 Å². The SMILES string of the molecule is CC(NS(=O)(=O)c1cccc(CO)c1)C1CCOC1. The molecule has 106 valence electrons. The van der Waals surface area contributed by atoms with E-state index in [1.54, 1.807) is 12.1 Å². The maximum absolute atomic E-state index is 12.2. The van der Waals surface area contributed by atoms with E-state index in [0.29, 0.717) is 18.8 Å². The summed E-state index contributed by atoms with van der Waals surface area (Å²) in [4.78, 5) is 0.185. The molecular weight excluding hydrogens is 266 g/mol. The van der Waals surface area contributed by atoms with Crippen LogP contribution in [-0.4, -0.2) is 32.8 Å². The van der Waals surface area contributed by atoms with Gasteiger partial charge in [-0.25, -0.2) is 13.1 Å². The number of benzene rings is 1. The van der Waals surface area contributed by atoms with E-state index in [9.17, 15) is 8.42 Å². The van der Waals surface area contributed by atoms with Gasteiger partial charge in [-0.15, -0.1) is 0 Å². The van der Waals surface area contributed by atoms with Crippen molar-refractivity contribution in [3.05, 3.63) is 29.8 Å². The summed E-state index contributed by atoms with van der Waals surface area (Å²) in [5.41, 5.74) is 0.583. The molecule has 19 heavy (non-hydrogen) atoms. The van der Waals surface area contributed by atoms with Crippen molar-refractivity contribution < 1.29 is 18.3 Å². The van der Waals surface area contributed by atoms with Gasteiger partial charge < -0.3 is 9.84 Å². The Balaban J connectivity index is 2.12. The van der Waals surface area contributed by atoms with E-state index >= 15 is 0 Å². The molecule has 1 fully saturated rings. The number of hydrogen-bond donors (Lipinski definition) is 2. The average Bonchev–Trinajstić information content (AvgIpc) is 2.92. The minimum atomic E-state index is -3.55. The minimum Gasteiger partial charge on any atom is -0.392 e. The Labute approximate surface area is 113 Å². The van der Waals surface area contributed by atoms with Gasteiger partial charge in [-0.3, -0.25) is 0 Å². The zero-order valence-corrected chi connectivity index (χ0v) is 11.7. The minimum absolute atomic E-state index is 0.162. The fourth-order valence-electron chi connectivity index (χ4n) is 2.17. The van der Waals surface area contributed by atoms with Crippen LogP contribution in [0.5, 0.6) is 0 Å². The summed E-state index contributed by atoms with van der Waals surface area (Å²) in [6.45, 7) is 2.97. The van der Waals surface area contributed by atoms with Crippen molar-refractivity contribution in [1.29, 1.82) is 0 Å². The van der Waals surface area contributed by atoms with Crippen LogP contribution in [0.3, 0.4) is 0 Å². The predicted octanol–water partition coefficient (Wildman–Crippen LogP) is 0.882. The van der Waals surface area contributed by atoms with Crippen molar-refractivity contribution in [3.8, 4) is 0 Å². The van der Waals surface area contributed by atoms with E-state index in [1.165, 1.54) is 12.1 Å². The monoisotopic (exact) mass is 285 g/mol. The second-order valence-electron chi connectivity index (χ2n) is 4.84. The number of nitrogens with one attached hydrogen (secondary N) is 1. The van der Waals surface area contributed by atoms with Gasteiger partial charge in [0, 0.05) is 18.6 Å². The van der Waals surface area contributed by atoms with E-state index in [-0.39, 0.29) is 23.5 Å². The summed E-state index contributed by atoms with van der Waals surface area (Å²) in [5, 5.41) is 9.05. The lowest BCUT2D eigenvalue weighted by atomic mass is 10.0. The lowest BCUT2D eigenvalue weighted by Crippen LogP contribution is -2.38. The molecule has 5 nitrogen and oxygen atoms in total. The maximum atomic E-state index is 12.2. The van der Waals surface area contributed by atoms with Gasteiger partial charge in [-0.1, -0.05) is 12.1 Å². The van der Waals surface area contributed by atoms with Crippen LogP contribution >= 0.6 is 0 Å². The first-order chi connectivity index (χ1) is 9.03. The second kappa shape index (κ2) is 6.00. The van der Waals surface area contributed by atoms with Crippen molar-refractivity contribution in [2.45, 2.75) is 30.9 Å². The summed E-state index contributed by atoms with van der Waals surface area (Å²) >= 11 is 0. The van der Waals surface area contributed by atoms with Crippen molar-refractivity contribution in [2.24, 2.45) is 5.92 Å². The van der Waals surface area contributed by atoms with Gasteiger partial charge in [0.25, 0.3) is 0 Å². The normalized spacial score (nSPS) is 21.5. The molecule has 0 aromatic heterocycles. The number of aliphatic hydroxyl groups excluding tert-OH is 1. The average molecular weight is 285 g/mol. The second-order valence-corrected chi connectivity index (χ2v) is 6.55. The molecule has 2 unspecified atom stereocenters. The van der Waals surface area contributed by atoms with E-state index in [1.807, 2.05) is 6.92 Å². The Morgan fingerprint density at radius 1 is 1.53 bits per heavy atom. The molecule has 1 aromatic rings. The highest BCUT2D eigenvalue weighted by Crippen LogP contribution is 2.19. The van der Waals surface area contributed by atoms with Gasteiger partial charge in [-0.2, -0.15) is 0 Å². The van der Waals surface area contributed by atoms with Crippen LogP contribution in [0.1, 0.15) is 18.9 Å². The predicted molar refractivity (Wildman–Crippen MR) is 71.1 cm³/mol. The molecule has 1 saturated heterocycles. The van der Waals surface area contributed by atoms with Crippen LogP contribution in [0.2, 0.25) is 0 Å². The Morgan fingerprint density at radius 2 is 2.32 bits per heavy atom. The Hall–Kier alpha value is -0.950. The van der Waals surface area contributed by atoms with Crippen LogP contribution < -0.4 is 4.72 Å². The lowest BCUT2D eigenvalue weighted by Gasteiger charge is -2.19. The Kier molecular flexibility index (Phi) is 4.57. The molecule has 2 N–H and O–H groups in total. The standard InChI is InChI=1S/C13H19NO4S/c1-10(12-5-6-18-9-12)14-19(16,17)13-4-2-3-11(7-13)8-15/h2-4,7,10,12,14-15H,5-6,8-9H2,1H3. The summed E-state index contributed by atoms with van der Waals surface area (Å²) < 4.78 is 32.4. The fourth-order valence-corrected chi connectivity index (χ4v) is 3.55. The van der Waals surface area contributed by atoms with Gasteiger partial charge in [0.05, 0.1) is 18.1 Å². The van der Waals surface area contributed by atoms with Gasteiger partial charge in [-0.05, 0) is 31.0 Å². The molecule has 0 spiro atoms. The van der Waals surface area contributed by atoms with E-state index in [4.69, 9.17) is 9.84 Å². The molecule has 1 aromatic carbocycles. The largest absolute Gasteiger partial charge is 0.392 e. The van der Waals surface area contributed by atoms with E-state index in [2.05, 4.69) is 4.72 Å². The molecule has 1 heterocycles. The first-order valence-corrected chi connectivity index (χ1v) is 7.81. The highest BCUT2D eigenvalue weighted by molar-refractivity contribution is 7.89. The van der Waals surface area contributed by atoms with Crippen LogP contribution in [0.25, 0.3) is 0 Å². The molecular formula is C13H19NO4S. The molecule has 0 radical (unpaired) electrons. The van der Waals surface area contributed by atoms with Crippen molar-refractivity contribution in [1.82, 2.24) is 4.72 Å². The van der Waals surface area contributed by atoms with Gasteiger partial charge in [0.1, 0.15) is 0 Å². The summed E-state index contributed by atoms with van der Waals surface area (Å²) in [6.07, 6.45) is 0.875. The summed E-state index contributed by atoms with van der Waals surface area (Å²) in [5.74, 6) is 0.218. The van der Waals surface area contributed by atoms with E-state index < -0.39 is 10.0 Å². The van der Waals surface area contributed by atoms with Crippen molar-refractivity contribution >= 4 is 10.0 Å². The molecule has 0 amide bonds. The smallest absolute Gasteiger partial charge is 0.240 e. The number of sulfonamides is 1. The Bertz CT molecular complexity index is 523. The third-order valence-electron chi connectivity index (χ3n) is 3.40. The summed E-state index contributed by atoms with van der Waals surface area (Å²) in [7, 11) is -3.55. The molecule has 0 saturated carbocycles. The fraction of sp³-hybridized carbons (Fsp3) is 0.538. The highest BCUT2D eigenvalue weighted by Gasteiger charge is 2.26. The number of aliphatic hydroxyl groups is 1. The third-order valence-corrected chi connectivity index (χ3v) is 4.96. The molecule has 6 heteroatoms. The van der Waals surface area contributed by atoms with Crippen LogP contribution in [0.4, 0.5) is 0 Å². The molecule has 1 aliphatic rings. The highest BCUT2D eigenvalue weighted by atomic mass is 32.2. The quantitative estimate of drug-likeness (QED) is 0.842. The zero-order chi connectivity index (χ0) is 13.9. The summed E-state index contributed by atoms with van der Waals surface area (Å²) in [6, 6.07) is 6.17. The molecule has 2 atom stereocenters. The first-order valence-electron chi connectivity index (χ1n) is 6.33. The maximum Gasteiger partial charge on any atom is 0.240 e. The van der Waals surface area contributed by atoms with Gasteiger partial charge in [0.15, 0.2) is 0 Å². The van der Waals surface area contributed by atoms with Gasteiger partial charge in [0.2, 0.25) is 10.0 Å². The van der Waals surface area contributed by atoms with Gasteiger partial charge >= 0.3 is 0 Å². The topological polar surface area (TPSA) is 75.6 Å². The van der Waals surface area contributed by atoms with Crippen LogP contribution in [-0.2, 0) is 21.4 Å². The number of hydrogen-bond acceptors (Lipinski definition) is 4. The molecule has 0 bridgehead atoms. The number of rotatable bonds is 5. The molecule has 0 aliphatic carbocycles. The number of ether oxygens (including phenoxy) is 1. The lowest BCUT2D eigenvalue weighted by molar-refractivity contribution is 0.180. The first kappa shape index (κ1) is 14.5. The van der Waals surface area contributed by atoms with Crippen LogP contribution in [0, 0.1) is 5.92 Å². The zero-order valence-electron chi connectivity index (χ0n) is 10.9. The molecule has 2 rings (SSSR count). The van der Waals surface area contributed by atoms with Crippen molar-refractivity contribution in [3.63, 3.8) is 0 Å². The molecule has 1 aliphatic heterocycles. The van der Waals surface area contributed by atoms with E-state index in [0.717, 1.165) is 6.42 Å².